The number of amides is 1. The third kappa shape index (κ3) is 4.76. The second-order valence-corrected chi connectivity index (χ2v) is 6.33. The smallest absolute Gasteiger partial charge is 0.251 e. The number of aromatic amines is 1. The molecule has 0 aliphatic rings. The zero-order valence-electron chi connectivity index (χ0n) is 15.8. The minimum Gasteiger partial charge on any atom is -0.494 e. The second kappa shape index (κ2) is 9.03. The van der Waals surface area contributed by atoms with Crippen molar-refractivity contribution in [2.75, 3.05) is 13.2 Å². The summed E-state index contributed by atoms with van der Waals surface area (Å²) in [6.45, 7) is 5.42. The van der Waals surface area contributed by atoms with Crippen LogP contribution in [0.1, 0.15) is 37.0 Å². The van der Waals surface area contributed by atoms with Crippen molar-refractivity contribution in [3.63, 3.8) is 0 Å². The number of hydrogen-bond donors (Lipinski definition) is 2. The van der Waals surface area contributed by atoms with Crippen molar-refractivity contribution in [3.8, 4) is 28.3 Å². The first-order valence-corrected chi connectivity index (χ1v) is 9.38. The molecule has 1 amide bonds. The average Bonchev–Trinajstić information content (AvgIpc) is 3.19. The molecule has 0 saturated carbocycles. The van der Waals surface area contributed by atoms with Gasteiger partial charge in [-0.15, -0.1) is 0 Å². The molecule has 5 nitrogen and oxygen atoms in total. The Balaban J connectivity index is 1.70. The van der Waals surface area contributed by atoms with Crippen LogP contribution >= 0.6 is 0 Å². The number of unbranched alkanes of at least 4 members (excludes halogenated alkanes) is 1. The summed E-state index contributed by atoms with van der Waals surface area (Å²) in [5, 5.41) is 10.3. The molecule has 0 fully saturated rings. The van der Waals surface area contributed by atoms with Gasteiger partial charge in [0.2, 0.25) is 0 Å². The number of ether oxygens (including phenoxy) is 1. The third-order valence-corrected chi connectivity index (χ3v) is 4.29. The Bertz CT molecular complexity index is 867. The molecule has 0 radical (unpaired) electrons. The van der Waals surface area contributed by atoms with Crippen molar-refractivity contribution in [1.29, 1.82) is 0 Å². The summed E-state index contributed by atoms with van der Waals surface area (Å²) in [7, 11) is 0. The van der Waals surface area contributed by atoms with Gasteiger partial charge in [-0.2, -0.15) is 5.10 Å². The van der Waals surface area contributed by atoms with Gasteiger partial charge < -0.3 is 10.1 Å². The van der Waals surface area contributed by atoms with E-state index in [0.717, 1.165) is 47.7 Å². The number of nitrogens with one attached hydrogen (secondary N) is 2. The lowest BCUT2D eigenvalue weighted by Crippen LogP contribution is -2.22. The van der Waals surface area contributed by atoms with E-state index in [0.29, 0.717) is 12.1 Å². The van der Waals surface area contributed by atoms with Crippen molar-refractivity contribution in [3.05, 3.63) is 60.2 Å². The summed E-state index contributed by atoms with van der Waals surface area (Å²) >= 11 is 0. The molecule has 27 heavy (non-hydrogen) atoms. The van der Waals surface area contributed by atoms with Gasteiger partial charge in [0.15, 0.2) is 0 Å². The highest BCUT2D eigenvalue weighted by atomic mass is 16.5. The van der Waals surface area contributed by atoms with Crippen molar-refractivity contribution < 1.29 is 9.53 Å². The van der Waals surface area contributed by atoms with Gasteiger partial charge in [-0.1, -0.05) is 25.5 Å². The lowest BCUT2D eigenvalue weighted by atomic mass is 10.1. The number of H-pyrrole nitrogens is 1. The van der Waals surface area contributed by atoms with E-state index in [2.05, 4.69) is 22.4 Å². The van der Waals surface area contributed by atoms with Crippen LogP contribution in [-0.2, 0) is 0 Å². The number of benzene rings is 2. The normalized spacial score (nSPS) is 10.6. The summed E-state index contributed by atoms with van der Waals surface area (Å²) < 4.78 is 5.70. The van der Waals surface area contributed by atoms with Gasteiger partial charge in [-0.3, -0.25) is 9.89 Å². The van der Waals surface area contributed by atoms with Crippen LogP contribution in [0.2, 0.25) is 0 Å². The molecular formula is C22H25N3O2. The molecule has 0 aliphatic carbocycles. The summed E-state index contributed by atoms with van der Waals surface area (Å²) in [4.78, 5) is 11.9. The highest BCUT2D eigenvalue weighted by Crippen LogP contribution is 2.25. The number of carbonyl (C=O) groups excluding carboxylic acids is 1. The predicted molar refractivity (Wildman–Crippen MR) is 108 cm³/mol. The fourth-order valence-corrected chi connectivity index (χ4v) is 2.74. The lowest BCUT2D eigenvalue weighted by molar-refractivity contribution is 0.0956. The van der Waals surface area contributed by atoms with E-state index in [-0.39, 0.29) is 5.91 Å². The Morgan fingerprint density at radius 1 is 1.04 bits per heavy atom. The SMILES string of the molecule is CCCCOc1ccc(-c2cc(-c3ccc(C(=O)NCC)cc3)[nH]n2)cc1. The van der Waals surface area contributed by atoms with E-state index in [1.165, 1.54) is 0 Å². The van der Waals surface area contributed by atoms with Crippen molar-refractivity contribution in [2.45, 2.75) is 26.7 Å². The van der Waals surface area contributed by atoms with E-state index in [4.69, 9.17) is 4.74 Å². The maximum Gasteiger partial charge on any atom is 0.251 e. The number of hydrogen-bond acceptors (Lipinski definition) is 3. The van der Waals surface area contributed by atoms with Crippen LogP contribution in [-0.4, -0.2) is 29.3 Å². The molecular weight excluding hydrogens is 338 g/mol. The Labute approximate surface area is 159 Å². The van der Waals surface area contributed by atoms with Crippen molar-refractivity contribution >= 4 is 5.91 Å². The van der Waals surface area contributed by atoms with E-state index in [9.17, 15) is 4.79 Å². The van der Waals surface area contributed by atoms with Crippen LogP contribution in [0.15, 0.2) is 54.6 Å². The molecule has 0 aliphatic heterocycles. The van der Waals surface area contributed by atoms with Gasteiger partial charge >= 0.3 is 0 Å². The topological polar surface area (TPSA) is 67.0 Å². The summed E-state index contributed by atoms with van der Waals surface area (Å²) in [6.07, 6.45) is 2.18. The molecule has 3 aromatic rings. The Morgan fingerprint density at radius 2 is 1.74 bits per heavy atom. The molecule has 2 aromatic carbocycles. The lowest BCUT2D eigenvalue weighted by Gasteiger charge is -2.05. The van der Waals surface area contributed by atoms with E-state index < -0.39 is 0 Å². The van der Waals surface area contributed by atoms with Crippen LogP contribution in [0.25, 0.3) is 22.5 Å². The number of nitrogens with zero attached hydrogens (tertiary/aromatic N) is 1. The molecule has 1 heterocycles. The number of rotatable bonds is 8. The first kappa shape index (κ1) is 18.7. The van der Waals surface area contributed by atoms with Crippen molar-refractivity contribution in [2.24, 2.45) is 0 Å². The maximum absolute atomic E-state index is 11.9. The fourth-order valence-electron chi connectivity index (χ4n) is 2.74. The van der Waals surface area contributed by atoms with Crippen LogP contribution in [0.4, 0.5) is 0 Å². The van der Waals surface area contributed by atoms with Gasteiger partial charge in [0.25, 0.3) is 5.91 Å². The highest BCUT2D eigenvalue weighted by Gasteiger charge is 2.08. The maximum atomic E-state index is 11.9. The Hall–Kier alpha value is -3.08. The van der Waals surface area contributed by atoms with Crippen molar-refractivity contribution in [1.82, 2.24) is 15.5 Å². The van der Waals surface area contributed by atoms with Crippen LogP contribution in [0, 0.1) is 0 Å². The van der Waals surface area contributed by atoms with Gasteiger partial charge in [0.1, 0.15) is 5.75 Å². The monoisotopic (exact) mass is 363 g/mol. The summed E-state index contributed by atoms with van der Waals surface area (Å²) in [6, 6.07) is 17.5. The van der Waals surface area contributed by atoms with E-state index >= 15 is 0 Å². The molecule has 0 unspecified atom stereocenters. The fraction of sp³-hybridized carbons (Fsp3) is 0.273. The number of aromatic nitrogens is 2. The molecule has 2 N–H and O–H groups in total. The van der Waals surface area contributed by atoms with Crippen LogP contribution in [0.5, 0.6) is 5.75 Å². The van der Waals surface area contributed by atoms with Gasteiger partial charge in [0, 0.05) is 17.7 Å². The van der Waals surface area contributed by atoms with E-state index in [1.54, 1.807) is 0 Å². The first-order chi connectivity index (χ1) is 13.2. The van der Waals surface area contributed by atoms with Gasteiger partial charge in [0.05, 0.1) is 18.0 Å². The zero-order chi connectivity index (χ0) is 19.1. The van der Waals surface area contributed by atoms with Crippen LogP contribution in [0.3, 0.4) is 0 Å². The molecule has 3 rings (SSSR count). The minimum absolute atomic E-state index is 0.0596. The standard InChI is InChI=1S/C22H25N3O2/c1-3-5-14-27-19-12-10-17(11-13-19)21-15-20(24-25-21)16-6-8-18(9-7-16)22(26)23-4-2/h6-13,15H,3-5,14H2,1-2H3,(H,23,26)(H,24,25). The molecule has 140 valence electrons. The highest BCUT2D eigenvalue weighted by molar-refractivity contribution is 5.94. The number of carbonyl (C=O) groups is 1. The summed E-state index contributed by atoms with van der Waals surface area (Å²) in [5.74, 6) is 0.819. The van der Waals surface area contributed by atoms with Gasteiger partial charge in [-0.25, -0.2) is 0 Å². The predicted octanol–water partition coefficient (Wildman–Crippen LogP) is 4.67. The van der Waals surface area contributed by atoms with Gasteiger partial charge in [-0.05, 0) is 61.4 Å². The molecule has 0 saturated heterocycles. The molecule has 0 spiro atoms. The van der Waals surface area contributed by atoms with E-state index in [1.807, 2.05) is 61.5 Å². The molecule has 0 bridgehead atoms. The average molecular weight is 363 g/mol. The summed E-state index contributed by atoms with van der Waals surface area (Å²) in [5.41, 5.74) is 4.45. The third-order valence-electron chi connectivity index (χ3n) is 4.29. The quantitative estimate of drug-likeness (QED) is 0.571. The molecule has 5 heteroatoms. The Morgan fingerprint density at radius 3 is 2.41 bits per heavy atom. The minimum atomic E-state index is -0.0596. The largest absolute Gasteiger partial charge is 0.494 e. The second-order valence-electron chi connectivity index (χ2n) is 6.33. The Kier molecular flexibility index (Phi) is 6.26. The molecule has 1 aromatic heterocycles. The molecule has 0 atom stereocenters. The van der Waals surface area contributed by atoms with Crippen LogP contribution < -0.4 is 10.1 Å². The zero-order valence-corrected chi connectivity index (χ0v) is 15.8. The first-order valence-electron chi connectivity index (χ1n) is 9.38.